The van der Waals surface area contributed by atoms with E-state index in [-0.39, 0.29) is 12.2 Å². The zero-order valence-corrected chi connectivity index (χ0v) is 13.9. The highest BCUT2D eigenvalue weighted by Crippen LogP contribution is 2.29. The minimum atomic E-state index is 0.0274. The molecule has 2 aromatic heterocycles. The topological polar surface area (TPSA) is 93.5 Å². The summed E-state index contributed by atoms with van der Waals surface area (Å²) in [6, 6.07) is 10.3. The summed E-state index contributed by atoms with van der Waals surface area (Å²) in [6.07, 6.45) is 5.52. The first-order chi connectivity index (χ1) is 12.4. The first-order valence-corrected chi connectivity index (χ1v) is 8.51. The van der Waals surface area contributed by atoms with Crippen LogP contribution in [0, 0.1) is 0 Å². The van der Waals surface area contributed by atoms with E-state index in [1.165, 1.54) is 11.9 Å². The highest BCUT2D eigenvalue weighted by Gasteiger charge is 2.28. The van der Waals surface area contributed by atoms with Crippen molar-refractivity contribution in [3.63, 3.8) is 0 Å². The number of benzene rings is 1. The number of hydrogen-bond acceptors (Lipinski definition) is 6. The molecule has 0 bridgehead atoms. The van der Waals surface area contributed by atoms with E-state index < -0.39 is 0 Å². The molecule has 1 fully saturated rings. The number of nitrogens with zero attached hydrogens (tertiary/aromatic N) is 5. The molecule has 25 heavy (non-hydrogen) atoms. The van der Waals surface area contributed by atoms with Crippen LogP contribution >= 0.6 is 0 Å². The molecule has 8 nitrogen and oxygen atoms in total. The number of aromatic amines is 1. The van der Waals surface area contributed by atoms with E-state index in [1.807, 2.05) is 29.1 Å². The summed E-state index contributed by atoms with van der Waals surface area (Å²) in [4.78, 5) is 4.17. The molecule has 0 spiro atoms. The highest BCUT2D eigenvalue weighted by molar-refractivity contribution is 5.15. The third kappa shape index (κ3) is 3.92. The maximum absolute atomic E-state index is 6.02. The molecular weight excluding hydrogens is 318 g/mol. The Bertz CT molecular complexity index is 771. The lowest BCUT2D eigenvalue weighted by molar-refractivity contribution is 0.0400. The van der Waals surface area contributed by atoms with Crippen LogP contribution in [0.2, 0.25) is 0 Å². The Balaban J connectivity index is 1.26. The molecule has 130 valence electrons. The summed E-state index contributed by atoms with van der Waals surface area (Å²) in [5, 5.41) is 18.4. The van der Waals surface area contributed by atoms with Gasteiger partial charge in [-0.25, -0.2) is 9.67 Å². The molecular formula is C17H21N7O. The zero-order valence-electron chi connectivity index (χ0n) is 13.9. The second-order valence-corrected chi connectivity index (χ2v) is 6.19. The SMILES string of the molecule is c1ccc(Cn2nncc2CNC[C@H]2CC[C@@H](c3ncn[nH]3)O2)cc1. The summed E-state index contributed by atoms with van der Waals surface area (Å²) in [5.74, 6) is 0.813. The van der Waals surface area contributed by atoms with Crippen molar-refractivity contribution < 1.29 is 4.74 Å². The van der Waals surface area contributed by atoms with Crippen molar-refractivity contribution >= 4 is 0 Å². The van der Waals surface area contributed by atoms with Crippen LogP contribution in [0.4, 0.5) is 0 Å². The molecule has 2 N–H and O–H groups in total. The minimum absolute atomic E-state index is 0.0274. The van der Waals surface area contributed by atoms with Crippen LogP contribution in [0.25, 0.3) is 0 Å². The average Bonchev–Trinajstić information content (AvgIpc) is 3.37. The Labute approximate surface area is 145 Å². The van der Waals surface area contributed by atoms with Crippen molar-refractivity contribution in [2.75, 3.05) is 6.54 Å². The van der Waals surface area contributed by atoms with Gasteiger partial charge in [-0.2, -0.15) is 5.10 Å². The summed E-state index contributed by atoms with van der Waals surface area (Å²) in [7, 11) is 0. The fourth-order valence-electron chi connectivity index (χ4n) is 3.09. The Morgan fingerprint density at radius 2 is 2.16 bits per heavy atom. The maximum atomic E-state index is 6.02. The van der Waals surface area contributed by atoms with Gasteiger partial charge in [0, 0.05) is 13.1 Å². The van der Waals surface area contributed by atoms with Gasteiger partial charge in [0.2, 0.25) is 0 Å². The molecule has 1 aliphatic rings. The van der Waals surface area contributed by atoms with Gasteiger partial charge in [0.1, 0.15) is 12.4 Å². The fourth-order valence-corrected chi connectivity index (χ4v) is 3.09. The molecule has 0 unspecified atom stereocenters. The van der Waals surface area contributed by atoms with E-state index in [4.69, 9.17) is 4.74 Å². The number of aromatic nitrogens is 6. The van der Waals surface area contributed by atoms with Crippen molar-refractivity contribution in [3.05, 3.63) is 59.9 Å². The third-order valence-corrected chi connectivity index (χ3v) is 4.40. The lowest BCUT2D eigenvalue weighted by atomic mass is 10.2. The largest absolute Gasteiger partial charge is 0.366 e. The van der Waals surface area contributed by atoms with Crippen LogP contribution in [0.15, 0.2) is 42.9 Å². The number of nitrogens with one attached hydrogen (secondary N) is 2. The second-order valence-electron chi connectivity index (χ2n) is 6.19. The van der Waals surface area contributed by atoms with Crippen molar-refractivity contribution in [2.24, 2.45) is 0 Å². The number of rotatable bonds is 7. The monoisotopic (exact) mass is 339 g/mol. The van der Waals surface area contributed by atoms with E-state index in [0.29, 0.717) is 6.54 Å². The van der Waals surface area contributed by atoms with Gasteiger partial charge in [-0.3, -0.25) is 5.10 Å². The molecule has 1 aliphatic heterocycles. The minimum Gasteiger partial charge on any atom is -0.366 e. The first-order valence-electron chi connectivity index (χ1n) is 8.51. The third-order valence-electron chi connectivity index (χ3n) is 4.40. The predicted octanol–water partition coefficient (Wildman–Crippen LogP) is 1.45. The molecule has 0 saturated carbocycles. The molecule has 1 saturated heterocycles. The maximum Gasteiger partial charge on any atom is 0.153 e. The van der Waals surface area contributed by atoms with Gasteiger partial charge in [-0.15, -0.1) is 5.10 Å². The standard InChI is InChI=1S/C17H21N7O/c1-2-4-13(5-3-1)11-24-14(9-20-23-24)8-18-10-15-6-7-16(25-15)17-19-12-21-22-17/h1-5,9,12,15-16,18H,6-8,10-11H2,(H,19,21,22)/t15-,16+/m1/s1. The normalized spacial score (nSPS) is 20.2. The number of hydrogen-bond donors (Lipinski definition) is 2. The Hall–Kier alpha value is -2.58. The quantitative estimate of drug-likeness (QED) is 0.677. The van der Waals surface area contributed by atoms with Gasteiger partial charge in [0.15, 0.2) is 5.82 Å². The fraction of sp³-hybridized carbons (Fsp3) is 0.412. The molecule has 1 aromatic carbocycles. The van der Waals surface area contributed by atoms with Gasteiger partial charge in [-0.05, 0) is 18.4 Å². The molecule has 2 atom stereocenters. The van der Waals surface area contributed by atoms with Gasteiger partial charge in [0.25, 0.3) is 0 Å². The molecule has 4 rings (SSSR count). The average molecular weight is 339 g/mol. The molecule has 3 heterocycles. The zero-order chi connectivity index (χ0) is 16.9. The Morgan fingerprint density at radius 1 is 1.24 bits per heavy atom. The lowest BCUT2D eigenvalue weighted by Crippen LogP contribution is -2.27. The number of ether oxygens (including phenoxy) is 1. The summed E-state index contributed by atoms with van der Waals surface area (Å²) < 4.78 is 7.94. The Morgan fingerprint density at radius 3 is 3.00 bits per heavy atom. The Kier molecular flexibility index (Phi) is 4.80. The van der Waals surface area contributed by atoms with Gasteiger partial charge in [-0.1, -0.05) is 35.5 Å². The summed E-state index contributed by atoms with van der Waals surface area (Å²) in [6.45, 7) is 2.24. The van der Waals surface area contributed by atoms with E-state index in [9.17, 15) is 0 Å². The van der Waals surface area contributed by atoms with Crippen LogP contribution in [-0.2, 0) is 17.8 Å². The van der Waals surface area contributed by atoms with Crippen molar-refractivity contribution in [1.82, 2.24) is 35.5 Å². The number of H-pyrrole nitrogens is 1. The van der Waals surface area contributed by atoms with Crippen LogP contribution in [0.1, 0.15) is 36.0 Å². The van der Waals surface area contributed by atoms with Crippen LogP contribution in [0.5, 0.6) is 0 Å². The van der Waals surface area contributed by atoms with Crippen molar-refractivity contribution in [3.8, 4) is 0 Å². The molecule has 0 amide bonds. The van der Waals surface area contributed by atoms with E-state index >= 15 is 0 Å². The van der Waals surface area contributed by atoms with Crippen LogP contribution < -0.4 is 5.32 Å². The van der Waals surface area contributed by atoms with Crippen LogP contribution in [0.3, 0.4) is 0 Å². The van der Waals surface area contributed by atoms with Crippen molar-refractivity contribution in [2.45, 2.75) is 38.1 Å². The lowest BCUT2D eigenvalue weighted by Gasteiger charge is -2.13. The summed E-state index contributed by atoms with van der Waals surface area (Å²) >= 11 is 0. The van der Waals surface area contributed by atoms with E-state index in [2.05, 4.69) is 42.9 Å². The predicted molar refractivity (Wildman–Crippen MR) is 90.5 cm³/mol. The van der Waals surface area contributed by atoms with Gasteiger partial charge in [0.05, 0.1) is 24.5 Å². The van der Waals surface area contributed by atoms with Crippen LogP contribution in [-0.4, -0.2) is 42.8 Å². The van der Waals surface area contributed by atoms with Gasteiger partial charge < -0.3 is 10.1 Å². The molecule has 8 heteroatoms. The smallest absolute Gasteiger partial charge is 0.153 e. The molecule has 0 aliphatic carbocycles. The van der Waals surface area contributed by atoms with Crippen molar-refractivity contribution in [1.29, 1.82) is 0 Å². The second kappa shape index (κ2) is 7.54. The van der Waals surface area contributed by atoms with E-state index in [1.54, 1.807) is 0 Å². The molecule has 3 aromatic rings. The molecule has 0 radical (unpaired) electrons. The summed E-state index contributed by atoms with van der Waals surface area (Å²) in [5.41, 5.74) is 2.27. The van der Waals surface area contributed by atoms with E-state index in [0.717, 1.165) is 37.4 Å². The highest BCUT2D eigenvalue weighted by atomic mass is 16.5. The van der Waals surface area contributed by atoms with Gasteiger partial charge >= 0.3 is 0 Å². The first kappa shape index (κ1) is 15.9.